The summed E-state index contributed by atoms with van der Waals surface area (Å²) in [5, 5.41) is 6.64. The first kappa shape index (κ1) is 20.1. The van der Waals surface area contributed by atoms with Crippen molar-refractivity contribution in [1.29, 1.82) is 0 Å². The van der Waals surface area contributed by atoms with Crippen molar-refractivity contribution < 1.29 is 0 Å². The van der Waals surface area contributed by atoms with E-state index in [1.165, 1.54) is 38.4 Å². The smallest absolute Gasteiger partial charge is 0.0646 e. The molecular formula is C24H24ClIN4. The highest BCUT2D eigenvalue weighted by atomic mass is 127. The molecule has 1 N–H and O–H groups in total. The van der Waals surface area contributed by atoms with Crippen molar-refractivity contribution in [1.82, 2.24) is 19.7 Å². The molecule has 0 atom stereocenters. The van der Waals surface area contributed by atoms with E-state index in [1.807, 2.05) is 16.9 Å². The normalized spacial score (nSPS) is 15.8. The predicted octanol–water partition coefficient (Wildman–Crippen LogP) is 6.03. The van der Waals surface area contributed by atoms with E-state index in [0.29, 0.717) is 5.92 Å². The van der Waals surface area contributed by atoms with Gasteiger partial charge in [-0.3, -0.25) is 0 Å². The Morgan fingerprint density at radius 1 is 1.10 bits per heavy atom. The molecule has 3 heterocycles. The van der Waals surface area contributed by atoms with Gasteiger partial charge >= 0.3 is 0 Å². The predicted molar refractivity (Wildman–Crippen MR) is 132 cm³/mol. The van der Waals surface area contributed by atoms with Crippen molar-refractivity contribution in [2.24, 2.45) is 0 Å². The van der Waals surface area contributed by atoms with E-state index in [0.717, 1.165) is 36.8 Å². The number of nitrogens with one attached hydrogen (secondary N) is 1. The average molecular weight is 531 g/mol. The van der Waals surface area contributed by atoms with Crippen molar-refractivity contribution in [2.75, 3.05) is 19.6 Å². The van der Waals surface area contributed by atoms with Crippen LogP contribution in [0.15, 0.2) is 61.1 Å². The molecule has 1 saturated heterocycles. The van der Waals surface area contributed by atoms with E-state index in [4.69, 9.17) is 11.6 Å². The van der Waals surface area contributed by atoms with Crippen LogP contribution in [0.25, 0.3) is 16.6 Å². The van der Waals surface area contributed by atoms with Gasteiger partial charge in [0.25, 0.3) is 0 Å². The number of aromatic nitrogens is 3. The fourth-order valence-electron chi connectivity index (χ4n) is 4.43. The van der Waals surface area contributed by atoms with Crippen molar-refractivity contribution >= 4 is 45.1 Å². The third kappa shape index (κ3) is 4.29. The zero-order valence-electron chi connectivity index (χ0n) is 16.7. The molecule has 1 fully saturated rings. The van der Waals surface area contributed by atoms with Crippen LogP contribution < -0.4 is 0 Å². The monoisotopic (exact) mass is 530 g/mol. The van der Waals surface area contributed by atoms with E-state index in [1.54, 1.807) is 0 Å². The molecule has 2 aromatic heterocycles. The molecule has 2 aromatic carbocycles. The molecule has 0 amide bonds. The molecule has 0 aliphatic carbocycles. The summed E-state index contributed by atoms with van der Waals surface area (Å²) in [5.41, 5.74) is 5.01. The lowest BCUT2D eigenvalue weighted by atomic mass is 9.89. The molecular weight excluding hydrogens is 507 g/mol. The molecule has 154 valence electrons. The number of piperidine rings is 1. The maximum atomic E-state index is 6.23. The minimum absolute atomic E-state index is 0.608. The molecule has 0 radical (unpaired) electrons. The van der Waals surface area contributed by atoms with Crippen LogP contribution in [0, 0.1) is 3.57 Å². The van der Waals surface area contributed by atoms with Gasteiger partial charge in [-0.15, -0.1) is 0 Å². The van der Waals surface area contributed by atoms with Gasteiger partial charge in [-0.05, 0) is 114 Å². The molecule has 1 aliphatic heterocycles. The number of fused-ring (bicyclic) bond motifs is 1. The van der Waals surface area contributed by atoms with Gasteiger partial charge in [0.1, 0.15) is 0 Å². The molecule has 6 heteroatoms. The van der Waals surface area contributed by atoms with Crippen molar-refractivity contribution in [3.63, 3.8) is 0 Å². The number of hydrogen-bond acceptors (Lipinski definition) is 2. The zero-order chi connectivity index (χ0) is 20.5. The Labute approximate surface area is 195 Å². The molecule has 4 nitrogen and oxygen atoms in total. The lowest BCUT2D eigenvalue weighted by Gasteiger charge is -2.31. The minimum atomic E-state index is 0.608. The van der Waals surface area contributed by atoms with Gasteiger partial charge < -0.3 is 9.88 Å². The Hall–Kier alpha value is -1.83. The molecule has 4 aromatic rings. The lowest BCUT2D eigenvalue weighted by Crippen LogP contribution is -2.34. The van der Waals surface area contributed by atoms with E-state index < -0.39 is 0 Å². The second kappa shape index (κ2) is 8.73. The molecule has 0 spiro atoms. The van der Waals surface area contributed by atoms with Crippen LogP contribution in [-0.2, 0) is 6.42 Å². The van der Waals surface area contributed by atoms with Crippen LogP contribution in [0.2, 0.25) is 5.02 Å². The van der Waals surface area contributed by atoms with Gasteiger partial charge in [0.15, 0.2) is 0 Å². The number of likely N-dealkylation sites (tertiary alicyclic amines) is 1. The summed E-state index contributed by atoms with van der Waals surface area (Å²) in [6, 6.07) is 14.6. The highest BCUT2D eigenvalue weighted by Gasteiger charge is 2.22. The minimum Gasteiger partial charge on any atom is -0.361 e. The Morgan fingerprint density at radius 3 is 2.70 bits per heavy atom. The zero-order valence-corrected chi connectivity index (χ0v) is 19.6. The highest BCUT2D eigenvalue weighted by molar-refractivity contribution is 14.1. The Balaban J connectivity index is 1.17. The van der Waals surface area contributed by atoms with Crippen LogP contribution in [0.1, 0.15) is 29.9 Å². The first-order valence-corrected chi connectivity index (χ1v) is 11.9. The van der Waals surface area contributed by atoms with Crippen molar-refractivity contribution in [2.45, 2.75) is 25.2 Å². The van der Waals surface area contributed by atoms with E-state index in [2.05, 4.69) is 86.4 Å². The molecule has 1 aliphatic rings. The van der Waals surface area contributed by atoms with Gasteiger partial charge in [0, 0.05) is 38.4 Å². The van der Waals surface area contributed by atoms with E-state index in [-0.39, 0.29) is 0 Å². The fourth-order valence-corrected chi connectivity index (χ4v) is 4.96. The van der Waals surface area contributed by atoms with Gasteiger partial charge in [-0.1, -0.05) is 11.6 Å². The number of rotatable bonds is 5. The molecule has 30 heavy (non-hydrogen) atoms. The van der Waals surface area contributed by atoms with Crippen LogP contribution in [-0.4, -0.2) is 39.3 Å². The van der Waals surface area contributed by atoms with Crippen LogP contribution in [0.5, 0.6) is 0 Å². The molecule has 0 saturated carbocycles. The second-order valence-corrected chi connectivity index (χ2v) is 9.75. The standard InChI is InChI=1S/C24H24ClIN4/c25-19-1-6-24-22(13-19)23(15-27-24)18-8-11-29(12-9-18)10-7-17-14-28-30(16-17)21-4-2-20(26)3-5-21/h1-6,13-16,18,27H,7-12H2. The first-order valence-electron chi connectivity index (χ1n) is 10.4. The second-order valence-electron chi connectivity index (χ2n) is 8.07. The summed E-state index contributed by atoms with van der Waals surface area (Å²) in [6.45, 7) is 3.37. The van der Waals surface area contributed by atoms with Crippen molar-refractivity contribution in [3.05, 3.63) is 80.8 Å². The van der Waals surface area contributed by atoms with Gasteiger partial charge in [-0.25, -0.2) is 4.68 Å². The summed E-state index contributed by atoms with van der Waals surface area (Å²) >= 11 is 8.55. The summed E-state index contributed by atoms with van der Waals surface area (Å²) < 4.78 is 3.21. The lowest BCUT2D eigenvalue weighted by molar-refractivity contribution is 0.215. The SMILES string of the molecule is Clc1ccc2[nH]cc(C3CCN(CCc4cnn(-c5ccc(I)cc5)c4)CC3)c2c1. The van der Waals surface area contributed by atoms with E-state index in [9.17, 15) is 0 Å². The first-order chi connectivity index (χ1) is 14.7. The Morgan fingerprint density at radius 2 is 1.90 bits per heavy atom. The fraction of sp³-hybridized carbons (Fsp3) is 0.292. The van der Waals surface area contributed by atoms with Crippen LogP contribution in [0.4, 0.5) is 0 Å². The van der Waals surface area contributed by atoms with Crippen molar-refractivity contribution in [3.8, 4) is 5.69 Å². The van der Waals surface area contributed by atoms with E-state index >= 15 is 0 Å². The molecule has 0 bridgehead atoms. The summed E-state index contributed by atoms with van der Waals surface area (Å²) in [7, 11) is 0. The summed E-state index contributed by atoms with van der Waals surface area (Å²) in [4.78, 5) is 5.99. The van der Waals surface area contributed by atoms with Gasteiger partial charge in [0.05, 0.1) is 11.9 Å². The molecule has 0 unspecified atom stereocenters. The topological polar surface area (TPSA) is 36.9 Å². The maximum absolute atomic E-state index is 6.23. The highest BCUT2D eigenvalue weighted by Crippen LogP contribution is 2.34. The van der Waals surface area contributed by atoms with Crippen LogP contribution in [0.3, 0.4) is 0 Å². The number of benzene rings is 2. The number of nitrogens with zero attached hydrogens (tertiary/aromatic N) is 3. The number of hydrogen-bond donors (Lipinski definition) is 1. The Bertz CT molecular complexity index is 1140. The number of halogens is 2. The third-order valence-corrected chi connectivity index (χ3v) is 7.10. The Kier molecular flexibility index (Phi) is 5.85. The van der Waals surface area contributed by atoms with Gasteiger partial charge in [-0.2, -0.15) is 5.10 Å². The van der Waals surface area contributed by atoms with Crippen LogP contribution >= 0.6 is 34.2 Å². The third-order valence-electron chi connectivity index (χ3n) is 6.15. The number of H-pyrrole nitrogens is 1. The summed E-state index contributed by atoms with van der Waals surface area (Å²) in [6.07, 6.45) is 9.77. The number of aromatic amines is 1. The van der Waals surface area contributed by atoms with Gasteiger partial charge in [0.2, 0.25) is 0 Å². The summed E-state index contributed by atoms with van der Waals surface area (Å²) in [5.74, 6) is 0.608. The maximum Gasteiger partial charge on any atom is 0.0646 e. The molecule has 5 rings (SSSR count). The quantitative estimate of drug-likeness (QED) is 0.320. The average Bonchev–Trinajstić information content (AvgIpc) is 3.40. The largest absolute Gasteiger partial charge is 0.361 e.